The summed E-state index contributed by atoms with van der Waals surface area (Å²) in [5, 5.41) is 9.51. The van der Waals surface area contributed by atoms with Crippen LogP contribution >= 0.6 is 0 Å². The molecule has 0 radical (unpaired) electrons. The number of aryl methyl sites for hydroxylation is 2. The number of amides is 1. The first kappa shape index (κ1) is 19.6. The van der Waals surface area contributed by atoms with Crippen molar-refractivity contribution in [1.82, 2.24) is 14.8 Å². The summed E-state index contributed by atoms with van der Waals surface area (Å²) in [4.78, 5) is 23.5. The highest BCUT2D eigenvalue weighted by atomic mass is 16.2. The largest absolute Gasteiger partial charge is 0.355 e. The van der Waals surface area contributed by atoms with Crippen LogP contribution in [0.25, 0.3) is 0 Å². The first-order chi connectivity index (χ1) is 12.8. The van der Waals surface area contributed by atoms with Crippen LogP contribution < -0.4 is 4.90 Å². The Morgan fingerprint density at radius 3 is 2.59 bits per heavy atom. The molecule has 1 spiro atoms. The molecule has 1 amide bonds. The SMILES string of the molecule is Cc1cc(C#N)c(N2CCC3(CCC(=O)N(CCN(C)C)C3)CC2)nc1C. The van der Waals surface area contributed by atoms with Gasteiger partial charge in [0.15, 0.2) is 0 Å². The predicted molar refractivity (Wildman–Crippen MR) is 107 cm³/mol. The van der Waals surface area contributed by atoms with Crippen molar-refractivity contribution in [2.45, 2.75) is 39.5 Å². The lowest BCUT2D eigenvalue weighted by molar-refractivity contribution is -0.138. The van der Waals surface area contributed by atoms with Gasteiger partial charge in [0.05, 0.1) is 5.56 Å². The lowest BCUT2D eigenvalue weighted by atomic mass is 9.72. The number of piperidine rings is 2. The zero-order chi connectivity index (χ0) is 19.6. The molecule has 2 aliphatic rings. The van der Waals surface area contributed by atoms with Crippen LogP contribution in [0.15, 0.2) is 6.07 Å². The Balaban J connectivity index is 1.69. The summed E-state index contributed by atoms with van der Waals surface area (Å²) < 4.78 is 0. The van der Waals surface area contributed by atoms with Crippen LogP contribution in [-0.2, 0) is 4.79 Å². The molecule has 0 N–H and O–H groups in total. The summed E-state index contributed by atoms with van der Waals surface area (Å²) in [5.41, 5.74) is 2.94. The quantitative estimate of drug-likeness (QED) is 0.815. The van der Waals surface area contributed by atoms with Gasteiger partial charge in [-0.25, -0.2) is 4.98 Å². The van der Waals surface area contributed by atoms with Crippen molar-refractivity contribution in [3.63, 3.8) is 0 Å². The van der Waals surface area contributed by atoms with Crippen LogP contribution in [0.3, 0.4) is 0 Å². The number of nitriles is 1. The lowest BCUT2D eigenvalue weighted by Gasteiger charge is -2.48. The Hall–Kier alpha value is -2.13. The second-order valence-electron chi connectivity index (χ2n) is 8.48. The van der Waals surface area contributed by atoms with Gasteiger partial charge in [-0.05, 0) is 64.3 Å². The number of anilines is 1. The van der Waals surface area contributed by atoms with Crippen molar-refractivity contribution in [2.24, 2.45) is 5.41 Å². The van der Waals surface area contributed by atoms with Crippen LogP contribution in [0.1, 0.15) is 42.5 Å². The zero-order valence-electron chi connectivity index (χ0n) is 17.1. The average molecular weight is 370 g/mol. The third-order valence-corrected chi connectivity index (χ3v) is 6.26. The molecule has 146 valence electrons. The second kappa shape index (κ2) is 7.85. The number of likely N-dealkylation sites (N-methyl/N-ethyl adjacent to an activating group) is 1. The molecular weight excluding hydrogens is 338 g/mol. The molecule has 0 aromatic carbocycles. The van der Waals surface area contributed by atoms with Crippen molar-refractivity contribution < 1.29 is 4.79 Å². The van der Waals surface area contributed by atoms with E-state index in [0.29, 0.717) is 17.9 Å². The third-order valence-electron chi connectivity index (χ3n) is 6.26. The van der Waals surface area contributed by atoms with Gasteiger partial charge in [-0.3, -0.25) is 4.79 Å². The average Bonchev–Trinajstić information content (AvgIpc) is 2.65. The van der Waals surface area contributed by atoms with Crippen LogP contribution in [0, 0.1) is 30.6 Å². The minimum Gasteiger partial charge on any atom is -0.355 e. The van der Waals surface area contributed by atoms with Crippen LogP contribution in [0.2, 0.25) is 0 Å². The molecule has 2 aliphatic heterocycles. The topological polar surface area (TPSA) is 63.5 Å². The molecular formula is C21H31N5O. The monoisotopic (exact) mass is 369 g/mol. The molecule has 6 heteroatoms. The molecule has 0 bridgehead atoms. The second-order valence-corrected chi connectivity index (χ2v) is 8.48. The molecule has 0 aliphatic carbocycles. The number of pyridine rings is 1. The summed E-state index contributed by atoms with van der Waals surface area (Å²) in [6.07, 6.45) is 3.76. The fourth-order valence-electron chi connectivity index (χ4n) is 4.24. The molecule has 27 heavy (non-hydrogen) atoms. The molecule has 1 aromatic rings. The van der Waals surface area contributed by atoms with Crippen molar-refractivity contribution >= 4 is 11.7 Å². The fourth-order valence-corrected chi connectivity index (χ4v) is 4.24. The lowest BCUT2D eigenvalue weighted by Crippen LogP contribution is -2.52. The van der Waals surface area contributed by atoms with Crippen molar-refractivity contribution in [2.75, 3.05) is 51.7 Å². The number of rotatable bonds is 4. The standard InChI is InChI=1S/C21H31N5O/c1-16-13-18(14-22)20(23-17(16)2)25-9-7-21(8-10-25)6-5-19(27)26(15-21)12-11-24(3)4/h13H,5-12,15H2,1-4H3. The number of carbonyl (C=O) groups excluding carboxylic acids is 1. The highest BCUT2D eigenvalue weighted by Gasteiger charge is 2.41. The molecule has 2 saturated heterocycles. The fraction of sp³-hybridized carbons (Fsp3) is 0.667. The molecule has 3 heterocycles. The van der Waals surface area contributed by atoms with Gasteiger partial charge < -0.3 is 14.7 Å². The minimum absolute atomic E-state index is 0.225. The third kappa shape index (κ3) is 4.24. The van der Waals surface area contributed by atoms with E-state index >= 15 is 0 Å². The molecule has 0 saturated carbocycles. The van der Waals surface area contributed by atoms with Gasteiger partial charge in [-0.1, -0.05) is 0 Å². The Labute approximate surface area is 162 Å². The van der Waals surface area contributed by atoms with E-state index in [1.165, 1.54) is 0 Å². The van der Waals surface area contributed by atoms with Crippen LogP contribution in [0.4, 0.5) is 5.82 Å². The highest BCUT2D eigenvalue weighted by molar-refractivity contribution is 5.77. The maximum atomic E-state index is 12.3. The number of carbonyl (C=O) groups is 1. The summed E-state index contributed by atoms with van der Waals surface area (Å²) in [6, 6.07) is 4.26. The van der Waals surface area contributed by atoms with E-state index in [4.69, 9.17) is 4.98 Å². The molecule has 1 aromatic heterocycles. The van der Waals surface area contributed by atoms with Gasteiger partial charge in [-0.15, -0.1) is 0 Å². The van der Waals surface area contributed by atoms with Gasteiger partial charge in [0.2, 0.25) is 5.91 Å². The van der Waals surface area contributed by atoms with E-state index < -0.39 is 0 Å². The van der Waals surface area contributed by atoms with Crippen molar-refractivity contribution in [3.8, 4) is 6.07 Å². The summed E-state index contributed by atoms with van der Waals surface area (Å²) in [6.45, 7) is 8.40. The number of aromatic nitrogens is 1. The van der Waals surface area contributed by atoms with Gasteiger partial charge in [-0.2, -0.15) is 5.26 Å². The zero-order valence-corrected chi connectivity index (χ0v) is 17.1. The molecule has 3 rings (SSSR count). The Bertz CT molecular complexity index is 744. The van der Waals surface area contributed by atoms with E-state index in [1.807, 2.05) is 34.0 Å². The molecule has 0 unspecified atom stereocenters. The maximum Gasteiger partial charge on any atom is 0.222 e. The minimum atomic E-state index is 0.225. The molecule has 2 fully saturated rings. The summed E-state index contributed by atoms with van der Waals surface area (Å²) >= 11 is 0. The van der Waals surface area contributed by atoms with Gasteiger partial charge >= 0.3 is 0 Å². The van der Waals surface area contributed by atoms with Gasteiger partial charge in [0.1, 0.15) is 11.9 Å². The van der Waals surface area contributed by atoms with E-state index in [9.17, 15) is 10.1 Å². The Morgan fingerprint density at radius 1 is 1.26 bits per heavy atom. The summed E-state index contributed by atoms with van der Waals surface area (Å²) in [7, 11) is 4.10. The normalized spacial score (nSPS) is 19.6. The van der Waals surface area contributed by atoms with Gasteiger partial charge in [0.25, 0.3) is 0 Å². The highest BCUT2D eigenvalue weighted by Crippen LogP contribution is 2.41. The number of likely N-dealkylation sites (tertiary alicyclic amines) is 1. The molecule has 0 atom stereocenters. The number of hydrogen-bond donors (Lipinski definition) is 0. The first-order valence-corrected chi connectivity index (χ1v) is 9.89. The maximum absolute atomic E-state index is 12.3. The predicted octanol–water partition coefficient (Wildman–Crippen LogP) is 2.34. The summed E-state index contributed by atoms with van der Waals surface area (Å²) in [5.74, 6) is 1.12. The van der Waals surface area contributed by atoms with E-state index in [2.05, 4.69) is 20.8 Å². The number of nitrogens with zero attached hydrogens (tertiary/aromatic N) is 5. The first-order valence-electron chi connectivity index (χ1n) is 9.89. The van der Waals surface area contributed by atoms with Crippen LogP contribution in [-0.4, -0.2) is 67.5 Å². The smallest absolute Gasteiger partial charge is 0.222 e. The van der Waals surface area contributed by atoms with Gasteiger partial charge in [0, 0.05) is 44.8 Å². The Morgan fingerprint density at radius 2 is 1.96 bits per heavy atom. The van der Waals surface area contributed by atoms with E-state index in [1.54, 1.807) is 0 Å². The van der Waals surface area contributed by atoms with Crippen LogP contribution in [0.5, 0.6) is 0 Å². The van der Waals surface area contributed by atoms with Crippen molar-refractivity contribution in [3.05, 3.63) is 22.9 Å². The Kier molecular flexibility index (Phi) is 5.71. The van der Waals surface area contributed by atoms with E-state index in [0.717, 1.165) is 69.1 Å². The molecule has 6 nitrogen and oxygen atoms in total. The van der Waals surface area contributed by atoms with Crippen molar-refractivity contribution in [1.29, 1.82) is 5.26 Å². The van der Waals surface area contributed by atoms with E-state index in [-0.39, 0.29) is 5.41 Å². The number of hydrogen-bond acceptors (Lipinski definition) is 5.